The molecule has 0 bridgehead atoms. The predicted octanol–water partition coefficient (Wildman–Crippen LogP) is 3.14. The molecular formula is C20H21F3N4O5S. The lowest BCUT2D eigenvalue weighted by Gasteiger charge is -2.24. The SMILES string of the molecule is OCC(O)COc1cc(OC2CCOCC2)c2c(Nc3nc(C(F)(F)F)cs3)ncnc2c1. The smallest absolute Gasteiger partial charge is 0.434 e. The highest BCUT2D eigenvalue weighted by Crippen LogP contribution is 2.38. The second kappa shape index (κ2) is 10.0. The zero-order valence-electron chi connectivity index (χ0n) is 17.2. The average molecular weight is 486 g/mol. The molecule has 1 saturated heterocycles. The van der Waals surface area contributed by atoms with Crippen LogP contribution in [0.25, 0.3) is 10.9 Å². The zero-order chi connectivity index (χ0) is 23.4. The fourth-order valence-corrected chi connectivity index (χ4v) is 3.90. The Labute approximate surface area is 190 Å². The van der Waals surface area contributed by atoms with E-state index in [0.717, 1.165) is 16.7 Å². The summed E-state index contributed by atoms with van der Waals surface area (Å²) in [6.45, 7) is 0.488. The number of halogens is 3. The molecule has 1 atom stereocenters. The van der Waals surface area contributed by atoms with Crippen LogP contribution in [0.4, 0.5) is 24.1 Å². The van der Waals surface area contributed by atoms with Crippen LogP contribution >= 0.6 is 11.3 Å². The van der Waals surface area contributed by atoms with Crippen molar-refractivity contribution < 1.29 is 37.6 Å². The van der Waals surface area contributed by atoms with E-state index in [0.29, 0.717) is 48.5 Å². The number of thiazole rings is 1. The van der Waals surface area contributed by atoms with Gasteiger partial charge in [-0.1, -0.05) is 0 Å². The van der Waals surface area contributed by atoms with E-state index in [1.165, 1.54) is 6.33 Å². The quantitative estimate of drug-likeness (QED) is 0.441. The van der Waals surface area contributed by atoms with Crippen LogP contribution in [-0.2, 0) is 10.9 Å². The Kier molecular flexibility index (Phi) is 7.12. The molecule has 2 aromatic heterocycles. The number of aliphatic hydroxyl groups excluding tert-OH is 2. The van der Waals surface area contributed by atoms with Crippen LogP contribution in [0, 0.1) is 0 Å². The monoisotopic (exact) mass is 486 g/mol. The van der Waals surface area contributed by atoms with Crippen LogP contribution in [0.2, 0.25) is 0 Å². The van der Waals surface area contributed by atoms with Crippen molar-refractivity contribution in [1.82, 2.24) is 15.0 Å². The van der Waals surface area contributed by atoms with Gasteiger partial charge in [-0.15, -0.1) is 11.3 Å². The van der Waals surface area contributed by atoms with Gasteiger partial charge >= 0.3 is 6.18 Å². The number of anilines is 2. The van der Waals surface area contributed by atoms with Gasteiger partial charge < -0.3 is 29.7 Å². The molecule has 0 amide bonds. The molecule has 3 heterocycles. The van der Waals surface area contributed by atoms with E-state index in [1.54, 1.807) is 12.1 Å². The third-order valence-corrected chi connectivity index (χ3v) is 5.57. The molecule has 0 aliphatic carbocycles. The number of rotatable bonds is 8. The van der Waals surface area contributed by atoms with Crippen LogP contribution in [0.15, 0.2) is 23.8 Å². The first-order valence-corrected chi connectivity index (χ1v) is 11.0. The van der Waals surface area contributed by atoms with Gasteiger partial charge in [0.15, 0.2) is 10.8 Å². The molecule has 1 aliphatic heterocycles. The summed E-state index contributed by atoms with van der Waals surface area (Å²) in [7, 11) is 0. The lowest BCUT2D eigenvalue weighted by atomic mass is 10.1. The van der Waals surface area contributed by atoms with Gasteiger partial charge in [-0.25, -0.2) is 15.0 Å². The summed E-state index contributed by atoms with van der Waals surface area (Å²) in [6, 6.07) is 3.19. The van der Waals surface area contributed by atoms with Gasteiger partial charge in [0.05, 0.1) is 30.7 Å². The molecule has 1 aliphatic rings. The second-order valence-electron chi connectivity index (χ2n) is 7.28. The van der Waals surface area contributed by atoms with E-state index in [1.807, 2.05) is 0 Å². The predicted molar refractivity (Wildman–Crippen MR) is 113 cm³/mol. The Morgan fingerprint density at radius 1 is 1.24 bits per heavy atom. The van der Waals surface area contributed by atoms with E-state index >= 15 is 0 Å². The summed E-state index contributed by atoms with van der Waals surface area (Å²) in [5.41, 5.74) is -0.580. The number of alkyl halides is 3. The van der Waals surface area contributed by atoms with Crippen molar-refractivity contribution >= 4 is 33.2 Å². The Hall–Kier alpha value is -2.74. The molecule has 178 valence electrons. The Bertz CT molecular complexity index is 1090. The highest BCUT2D eigenvalue weighted by atomic mass is 32.1. The van der Waals surface area contributed by atoms with Crippen LogP contribution in [0.3, 0.4) is 0 Å². The number of nitrogens with zero attached hydrogens (tertiary/aromatic N) is 3. The van der Waals surface area contributed by atoms with E-state index < -0.39 is 24.6 Å². The lowest BCUT2D eigenvalue weighted by Crippen LogP contribution is -2.26. The molecule has 33 heavy (non-hydrogen) atoms. The van der Waals surface area contributed by atoms with Gasteiger partial charge in [-0.05, 0) is 0 Å². The third-order valence-electron chi connectivity index (χ3n) is 4.81. The van der Waals surface area contributed by atoms with E-state index in [9.17, 15) is 18.3 Å². The molecule has 0 radical (unpaired) electrons. The van der Waals surface area contributed by atoms with Gasteiger partial charge in [-0.2, -0.15) is 13.2 Å². The fraction of sp³-hybridized carbons (Fsp3) is 0.450. The molecule has 9 nitrogen and oxygen atoms in total. The Morgan fingerprint density at radius 3 is 2.73 bits per heavy atom. The number of hydrogen-bond donors (Lipinski definition) is 3. The third kappa shape index (κ3) is 5.79. The van der Waals surface area contributed by atoms with Gasteiger partial charge in [0.25, 0.3) is 0 Å². The Balaban J connectivity index is 1.69. The summed E-state index contributed by atoms with van der Waals surface area (Å²) >= 11 is 0.802. The first-order chi connectivity index (χ1) is 15.8. The normalized spacial score (nSPS) is 16.0. The summed E-state index contributed by atoms with van der Waals surface area (Å²) in [5, 5.41) is 22.8. The van der Waals surface area contributed by atoms with Crippen molar-refractivity contribution in [2.45, 2.75) is 31.2 Å². The van der Waals surface area contributed by atoms with Gasteiger partial charge in [0.1, 0.15) is 42.5 Å². The maximum Gasteiger partial charge on any atom is 0.434 e. The summed E-state index contributed by atoms with van der Waals surface area (Å²) < 4.78 is 55.9. The van der Waals surface area contributed by atoms with Crippen molar-refractivity contribution in [2.75, 3.05) is 31.7 Å². The molecule has 1 fully saturated rings. The summed E-state index contributed by atoms with van der Waals surface area (Å²) in [4.78, 5) is 12.0. The number of aliphatic hydroxyl groups is 2. The zero-order valence-corrected chi connectivity index (χ0v) is 18.0. The molecule has 13 heteroatoms. The second-order valence-corrected chi connectivity index (χ2v) is 8.13. The standard InChI is InChI=1S/C20H21F3N4O5S/c21-20(22,23)16-9-33-19(26-16)27-18-17-14(24-10-25-18)5-13(31-8-11(29)7-28)6-15(17)32-12-1-3-30-4-2-12/h5-6,9-12,28-29H,1-4,7-8H2,(H,24,25,26,27). The van der Waals surface area contributed by atoms with E-state index in [2.05, 4.69) is 20.3 Å². The van der Waals surface area contributed by atoms with Crippen LogP contribution in [-0.4, -0.2) is 63.8 Å². The van der Waals surface area contributed by atoms with Crippen molar-refractivity contribution in [1.29, 1.82) is 0 Å². The van der Waals surface area contributed by atoms with Crippen LogP contribution in [0.5, 0.6) is 11.5 Å². The molecular weight excluding hydrogens is 465 g/mol. The number of benzene rings is 1. The molecule has 0 spiro atoms. The van der Waals surface area contributed by atoms with Crippen molar-refractivity contribution in [3.63, 3.8) is 0 Å². The minimum absolute atomic E-state index is 0.0192. The number of aromatic nitrogens is 3. The lowest BCUT2D eigenvalue weighted by molar-refractivity contribution is -0.140. The maximum absolute atomic E-state index is 12.9. The fourth-order valence-electron chi connectivity index (χ4n) is 3.18. The van der Waals surface area contributed by atoms with Crippen molar-refractivity contribution in [3.05, 3.63) is 29.5 Å². The molecule has 3 aromatic rings. The maximum atomic E-state index is 12.9. The number of fused-ring (bicyclic) bond motifs is 1. The minimum Gasteiger partial charge on any atom is -0.491 e. The van der Waals surface area contributed by atoms with Gasteiger partial charge in [0.2, 0.25) is 0 Å². The van der Waals surface area contributed by atoms with Gasteiger partial charge in [-0.3, -0.25) is 0 Å². The average Bonchev–Trinajstić information content (AvgIpc) is 3.27. The van der Waals surface area contributed by atoms with Crippen LogP contribution < -0.4 is 14.8 Å². The summed E-state index contributed by atoms with van der Waals surface area (Å²) in [6.07, 6.45) is -3.18. The van der Waals surface area contributed by atoms with E-state index in [-0.39, 0.29) is 23.7 Å². The van der Waals surface area contributed by atoms with Crippen LogP contribution in [0.1, 0.15) is 18.5 Å². The largest absolute Gasteiger partial charge is 0.491 e. The molecule has 0 saturated carbocycles. The molecule has 1 unspecified atom stereocenters. The van der Waals surface area contributed by atoms with E-state index in [4.69, 9.17) is 19.3 Å². The summed E-state index contributed by atoms with van der Waals surface area (Å²) in [5.74, 6) is 0.936. The number of hydrogen-bond acceptors (Lipinski definition) is 10. The highest BCUT2D eigenvalue weighted by molar-refractivity contribution is 7.13. The first kappa shape index (κ1) is 23.4. The topological polar surface area (TPSA) is 119 Å². The molecule has 1 aromatic carbocycles. The Morgan fingerprint density at radius 2 is 2.03 bits per heavy atom. The minimum atomic E-state index is -4.55. The van der Waals surface area contributed by atoms with Crippen molar-refractivity contribution in [2.24, 2.45) is 0 Å². The van der Waals surface area contributed by atoms with Crippen molar-refractivity contribution in [3.8, 4) is 11.5 Å². The van der Waals surface area contributed by atoms with Gasteiger partial charge in [0, 0.05) is 30.4 Å². The first-order valence-electron chi connectivity index (χ1n) is 10.1. The number of ether oxygens (including phenoxy) is 3. The highest BCUT2D eigenvalue weighted by Gasteiger charge is 2.34. The molecule has 4 rings (SSSR count). The number of nitrogens with one attached hydrogen (secondary N) is 1. The molecule has 3 N–H and O–H groups in total.